The number of hydrogen-bond donors (Lipinski definition) is 1. The van der Waals surface area contributed by atoms with Crippen molar-refractivity contribution in [1.29, 1.82) is 0 Å². The Labute approximate surface area is 115 Å². The molecule has 1 fully saturated rings. The predicted molar refractivity (Wildman–Crippen MR) is 72.1 cm³/mol. The molecule has 0 spiro atoms. The number of carboxylic acids is 1. The highest BCUT2D eigenvalue weighted by Crippen LogP contribution is 2.13. The van der Waals surface area contributed by atoms with E-state index in [1.807, 2.05) is 13.8 Å². The summed E-state index contributed by atoms with van der Waals surface area (Å²) in [4.78, 5) is 12.4. The number of carboxylic acid groups (broad SMARTS) is 1. The highest BCUT2D eigenvalue weighted by atomic mass is 32.2. The smallest absolute Gasteiger partial charge is 0.317 e. The van der Waals surface area contributed by atoms with Gasteiger partial charge in [0.2, 0.25) is 0 Å². The zero-order valence-corrected chi connectivity index (χ0v) is 12.6. The molecule has 0 radical (unpaired) electrons. The van der Waals surface area contributed by atoms with Gasteiger partial charge in [0.1, 0.15) is 0 Å². The summed E-state index contributed by atoms with van der Waals surface area (Å²) in [6.07, 6.45) is 0.651. The molecule has 1 N–H and O–H groups in total. The molecule has 0 aromatic heterocycles. The van der Waals surface area contributed by atoms with Gasteiger partial charge in [-0.1, -0.05) is 0 Å². The Kier molecular flexibility index (Phi) is 5.72. The van der Waals surface area contributed by atoms with Crippen molar-refractivity contribution in [2.24, 2.45) is 0 Å². The van der Waals surface area contributed by atoms with Gasteiger partial charge in [-0.15, -0.1) is 0 Å². The van der Waals surface area contributed by atoms with Crippen molar-refractivity contribution in [3.8, 4) is 0 Å². The van der Waals surface area contributed by atoms with E-state index in [9.17, 15) is 13.2 Å². The van der Waals surface area contributed by atoms with E-state index in [2.05, 4.69) is 0 Å². The zero-order valence-electron chi connectivity index (χ0n) is 11.7. The topological polar surface area (TPSA) is 81.2 Å². The molecule has 0 bridgehead atoms. The number of hydrogen-bond acceptors (Lipinski definition) is 4. The molecule has 0 saturated carbocycles. The minimum absolute atomic E-state index is 0.0338. The third-order valence-electron chi connectivity index (χ3n) is 3.32. The Morgan fingerprint density at radius 1 is 1.26 bits per heavy atom. The maximum absolute atomic E-state index is 12.3. The SMILES string of the molecule is CC(C)N(C)S(=O)(=O)N1CCCN(CC(=O)O)CC1. The van der Waals surface area contributed by atoms with Crippen LogP contribution in [0.5, 0.6) is 0 Å². The average molecular weight is 293 g/mol. The van der Waals surface area contributed by atoms with Gasteiger partial charge in [0.25, 0.3) is 10.2 Å². The summed E-state index contributed by atoms with van der Waals surface area (Å²) in [6.45, 7) is 5.47. The van der Waals surface area contributed by atoms with Crippen molar-refractivity contribution in [2.75, 3.05) is 39.8 Å². The molecule has 1 aliphatic heterocycles. The lowest BCUT2D eigenvalue weighted by Gasteiger charge is -2.28. The monoisotopic (exact) mass is 293 g/mol. The first-order valence-electron chi connectivity index (χ1n) is 6.42. The fourth-order valence-corrected chi connectivity index (χ4v) is 3.55. The van der Waals surface area contributed by atoms with Crippen LogP contribution in [0.1, 0.15) is 20.3 Å². The number of nitrogens with zero attached hydrogens (tertiary/aromatic N) is 3. The predicted octanol–water partition coefficient (Wildman–Crippen LogP) is -0.336. The van der Waals surface area contributed by atoms with E-state index in [1.165, 1.54) is 8.61 Å². The first-order chi connectivity index (χ1) is 8.75. The van der Waals surface area contributed by atoms with Gasteiger partial charge in [0.05, 0.1) is 6.54 Å². The second kappa shape index (κ2) is 6.65. The second-order valence-corrected chi connectivity index (χ2v) is 7.03. The molecular weight excluding hydrogens is 270 g/mol. The summed E-state index contributed by atoms with van der Waals surface area (Å²) >= 11 is 0. The zero-order chi connectivity index (χ0) is 14.6. The van der Waals surface area contributed by atoms with Crippen LogP contribution in [0.4, 0.5) is 0 Å². The van der Waals surface area contributed by atoms with Crippen LogP contribution in [-0.4, -0.2) is 78.8 Å². The van der Waals surface area contributed by atoms with Crippen molar-refractivity contribution in [3.63, 3.8) is 0 Å². The Hall–Kier alpha value is -0.700. The first kappa shape index (κ1) is 16.4. The summed E-state index contributed by atoms with van der Waals surface area (Å²) in [6, 6.07) is -0.0941. The van der Waals surface area contributed by atoms with Crippen LogP contribution in [0.15, 0.2) is 0 Å². The van der Waals surface area contributed by atoms with E-state index >= 15 is 0 Å². The van der Waals surface area contributed by atoms with Gasteiger partial charge >= 0.3 is 5.97 Å². The van der Waals surface area contributed by atoms with E-state index in [0.717, 1.165) is 0 Å². The third kappa shape index (κ3) is 4.41. The highest BCUT2D eigenvalue weighted by molar-refractivity contribution is 7.86. The molecule has 0 aliphatic carbocycles. The molecule has 0 aromatic carbocycles. The lowest BCUT2D eigenvalue weighted by molar-refractivity contribution is -0.138. The molecule has 8 heteroatoms. The average Bonchev–Trinajstić information content (AvgIpc) is 2.53. The van der Waals surface area contributed by atoms with E-state index in [-0.39, 0.29) is 12.6 Å². The molecule has 0 atom stereocenters. The van der Waals surface area contributed by atoms with E-state index in [4.69, 9.17) is 5.11 Å². The maximum atomic E-state index is 12.3. The van der Waals surface area contributed by atoms with Crippen LogP contribution in [0.3, 0.4) is 0 Å². The molecule has 7 nitrogen and oxygen atoms in total. The van der Waals surface area contributed by atoms with Crippen LogP contribution >= 0.6 is 0 Å². The Morgan fingerprint density at radius 2 is 1.89 bits per heavy atom. The maximum Gasteiger partial charge on any atom is 0.317 e. The summed E-state index contributed by atoms with van der Waals surface area (Å²) < 4.78 is 27.4. The number of rotatable bonds is 5. The molecule has 1 rings (SSSR count). The Bertz CT molecular complexity index is 410. The third-order valence-corrected chi connectivity index (χ3v) is 5.49. The lowest BCUT2D eigenvalue weighted by atomic mass is 10.4. The minimum atomic E-state index is -3.44. The van der Waals surface area contributed by atoms with Crippen LogP contribution in [-0.2, 0) is 15.0 Å². The van der Waals surface area contributed by atoms with Crippen LogP contribution < -0.4 is 0 Å². The van der Waals surface area contributed by atoms with E-state index < -0.39 is 16.2 Å². The van der Waals surface area contributed by atoms with Crippen molar-refractivity contribution in [1.82, 2.24) is 13.5 Å². The summed E-state index contributed by atoms with van der Waals surface area (Å²) in [5, 5.41) is 8.76. The molecule has 0 aromatic rings. The number of carbonyl (C=O) groups is 1. The van der Waals surface area contributed by atoms with Gasteiger partial charge in [-0.25, -0.2) is 0 Å². The standard InChI is InChI=1S/C11H23N3O4S/c1-10(2)12(3)19(17,18)14-6-4-5-13(7-8-14)9-11(15)16/h10H,4-9H2,1-3H3,(H,15,16). The second-order valence-electron chi connectivity index (χ2n) is 5.04. The molecule has 19 heavy (non-hydrogen) atoms. The summed E-state index contributed by atoms with van der Waals surface area (Å²) in [5.74, 6) is -0.879. The molecule has 1 saturated heterocycles. The van der Waals surface area contributed by atoms with Gasteiger partial charge in [0, 0.05) is 39.3 Å². The highest BCUT2D eigenvalue weighted by Gasteiger charge is 2.30. The van der Waals surface area contributed by atoms with Crippen molar-refractivity contribution in [2.45, 2.75) is 26.3 Å². The molecule has 112 valence electrons. The Morgan fingerprint density at radius 3 is 2.42 bits per heavy atom. The van der Waals surface area contributed by atoms with Gasteiger partial charge in [-0.3, -0.25) is 9.69 Å². The molecule has 1 aliphatic rings. The quantitative estimate of drug-likeness (QED) is 0.750. The Balaban J connectivity index is 2.69. The lowest BCUT2D eigenvalue weighted by Crippen LogP contribution is -2.46. The largest absolute Gasteiger partial charge is 0.480 e. The van der Waals surface area contributed by atoms with Gasteiger partial charge in [0.15, 0.2) is 0 Å². The molecular formula is C11H23N3O4S. The van der Waals surface area contributed by atoms with Crippen LogP contribution in [0, 0.1) is 0 Å². The summed E-state index contributed by atoms with van der Waals surface area (Å²) in [5.41, 5.74) is 0. The van der Waals surface area contributed by atoms with Crippen molar-refractivity contribution in [3.05, 3.63) is 0 Å². The fraction of sp³-hybridized carbons (Fsp3) is 0.909. The van der Waals surface area contributed by atoms with Crippen LogP contribution in [0.2, 0.25) is 0 Å². The molecule has 0 amide bonds. The number of aliphatic carboxylic acids is 1. The van der Waals surface area contributed by atoms with Gasteiger partial charge in [-0.05, 0) is 20.3 Å². The van der Waals surface area contributed by atoms with Gasteiger partial charge < -0.3 is 5.11 Å². The van der Waals surface area contributed by atoms with E-state index in [1.54, 1.807) is 11.9 Å². The van der Waals surface area contributed by atoms with Crippen LogP contribution in [0.25, 0.3) is 0 Å². The van der Waals surface area contributed by atoms with Crippen molar-refractivity contribution >= 4 is 16.2 Å². The molecule has 0 unspecified atom stereocenters. The minimum Gasteiger partial charge on any atom is -0.480 e. The molecule has 1 heterocycles. The summed E-state index contributed by atoms with van der Waals surface area (Å²) in [7, 11) is -1.87. The normalized spacial score (nSPS) is 19.8. The van der Waals surface area contributed by atoms with Gasteiger partial charge in [-0.2, -0.15) is 17.0 Å². The van der Waals surface area contributed by atoms with E-state index in [0.29, 0.717) is 32.6 Å². The first-order valence-corrected chi connectivity index (χ1v) is 7.82. The van der Waals surface area contributed by atoms with Crippen molar-refractivity contribution < 1.29 is 18.3 Å². The fourth-order valence-electron chi connectivity index (χ4n) is 1.98.